The van der Waals surface area contributed by atoms with E-state index in [4.69, 9.17) is 21.1 Å². The zero-order chi connectivity index (χ0) is 25.2. The van der Waals surface area contributed by atoms with Crippen LogP contribution >= 0.6 is 11.6 Å². The molecule has 2 heterocycles. The SMILES string of the molecule is CCc1ccc(-c2noc(C3=C(C)N(Cc4ccc(C)cc4)C(=O)NC3c3ccc(Cl)cc3)n2)cc1. The molecule has 3 aromatic carbocycles. The van der Waals surface area contributed by atoms with Gasteiger partial charge in [-0.1, -0.05) is 89.9 Å². The quantitative estimate of drug-likeness (QED) is 0.312. The second kappa shape index (κ2) is 9.99. The lowest BCUT2D eigenvalue weighted by Crippen LogP contribution is -2.45. The molecule has 1 aromatic heterocycles. The van der Waals surface area contributed by atoms with Gasteiger partial charge in [0.1, 0.15) is 0 Å². The average Bonchev–Trinajstić information content (AvgIpc) is 3.37. The van der Waals surface area contributed by atoms with E-state index in [1.165, 1.54) is 11.1 Å². The zero-order valence-electron chi connectivity index (χ0n) is 20.5. The number of carbonyl (C=O) groups excluding carboxylic acids is 1. The van der Waals surface area contributed by atoms with Gasteiger partial charge in [0.05, 0.1) is 18.2 Å². The van der Waals surface area contributed by atoms with Gasteiger partial charge in [-0.3, -0.25) is 4.90 Å². The highest BCUT2D eigenvalue weighted by Gasteiger charge is 2.35. The average molecular weight is 499 g/mol. The molecule has 1 unspecified atom stereocenters. The third kappa shape index (κ3) is 4.77. The summed E-state index contributed by atoms with van der Waals surface area (Å²) in [5.74, 6) is 0.876. The number of rotatable bonds is 6. The predicted octanol–water partition coefficient (Wildman–Crippen LogP) is 6.96. The standard InChI is InChI=1S/C29H27ClN4O2/c1-4-20-9-11-23(12-10-20)27-32-28(36-33-27)25-19(3)34(17-21-7-5-18(2)6-8-21)29(35)31-26(25)22-13-15-24(30)16-14-22/h5-16,26H,4,17H2,1-3H3,(H,31,35). The van der Waals surface area contributed by atoms with Gasteiger partial charge in [-0.25, -0.2) is 4.79 Å². The number of nitrogens with zero attached hydrogens (tertiary/aromatic N) is 3. The lowest BCUT2D eigenvalue weighted by atomic mass is 9.94. The molecule has 0 saturated heterocycles. The van der Waals surface area contributed by atoms with Crippen LogP contribution in [0.1, 0.15) is 48.0 Å². The van der Waals surface area contributed by atoms with Crippen molar-refractivity contribution in [3.8, 4) is 11.4 Å². The van der Waals surface area contributed by atoms with Crippen molar-refractivity contribution in [2.45, 2.75) is 39.8 Å². The normalized spacial score (nSPS) is 15.8. The highest BCUT2D eigenvalue weighted by atomic mass is 35.5. The van der Waals surface area contributed by atoms with E-state index >= 15 is 0 Å². The second-order valence-corrected chi connectivity index (χ2v) is 9.41. The van der Waals surface area contributed by atoms with Crippen LogP contribution in [-0.2, 0) is 13.0 Å². The molecule has 5 rings (SSSR count). The third-order valence-electron chi connectivity index (χ3n) is 6.54. The van der Waals surface area contributed by atoms with Gasteiger partial charge < -0.3 is 9.84 Å². The zero-order valence-corrected chi connectivity index (χ0v) is 21.2. The van der Waals surface area contributed by atoms with Crippen LogP contribution in [0.2, 0.25) is 5.02 Å². The van der Waals surface area contributed by atoms with E-state index in [2.05, 4.69) is 29.5 Å². The number of nitrogens with one attached hydrogen (secondary N) is 1. The van der Waals surface area contributed by atoms with Crippen molar-refractivity contribution in [1.29, 1.82) is 0 Å². The number of hydrogen-bond donors (Lipinski definition) is 1. The van der Waals surface area contributed by atoms with Crippen molar-refractivity contribution in [2.24, 2.45) is 0 Å². The fourth-order valence-corrected chi connectivity index (χ4v) is 4.50. The first-order valence-electron chi connectivity index (χ1n) is 12.0. The van der Waals surface area contributed by atoms with Crippen molar-refractivity contribution in [2.75, 3.05) is 0 Å². The Morgan fingerprint density at radius 3 is 2.28 bits per heavy atom. The van der Waals surface area contributed by atoms with Crippen LogP contribution < -0.4 is 5.32 Å². The maximum atomic E-state index is 13.3. The number of aromatic nitrogens is 2. The van der Waals surface area contributed by atoms with Crippen LogP contribution in [0.3, 0.4) is 0 Å². The Labute approximate surface area is 215 Å². The minimum Gasteiger partial charge on any atom is -0.334 e. The Hall–Kier alpha value is -3.90. The Morgan fingerprint density at radius 2 is 1.61 bits per heavy atom. The molecule has 1 aliphatic rings. The number of urea groups is 1. The Morgan fingerprint density at radius 1 is 0.944 bits per heavy atom. The molecule has 6 nitrogen and oxygen atoms in total. The first-order valence-corrected chi connectivity index (χ1v) is 12.3. The summed E-state index contributed by atoms with van der Waals surface area (Å²) in [6.45, 7) is 6.51. The minimum atomic E-state index is -0.459. The topological polar surface area (TPSA) is 71.3 Å². The van der Waals surface area contributed by atoms with E-state index in [1.807, 2.05) is 74.5 Å². The van der Waals surface area contributed by atoms with Gasteiger partial charge in [-0.15, -0.1) is 0 Å². The molecule has 0 saturated carbocycles. The molecule has 0 radical (unpaired) electrons. The molecule has 4 aromatic rings. The number of benzene rings is 3. The first kappa shape index (κ1) is 23.8. The van der Waals surface area contributed by atoms with Gasteiger partial charge in [0.15, 0.2) is 0 Å². The number of carbonyl (C=O) groups is 1. The van der Waals surface area contributed by atoms with Crippen molar-refractivity contribution in [3.05, 3.63) is 112 Å². The molecule has 0 bridgehead atoms. The van der Waals surface area contributed by atoms with E-state index in [1.54, 1.807) is 4.90 Å². The molecule has 1 N–H and O–H groups in total. The summed E-state index contributed by atoms with van der Waals surface area (Å²) in [4.78, 5) is 19.7. The second-order valence-electron chi connectivity index (χ2n) is 8.98. The van der Waals surface area contributed by atoms with E-state index in [0.29, 0.717) is 23.3 Å². The van der Waals surface area contributed by atoms with E-state index in [0.717, 1.165) is 34.4 Å². The molecule has 0 aliphatic carbocycles. The number of aryl methyl sites for hydroxylation is 2. The van der Waals surface area contributed by atoms with Crippen molar-refractivity contribution < 1.29 is 9.32 Å². The summed E-state index contributed by atoms with van der Waals surface area (Å²) in [6.07, 6.45) is 0.961. The molecular weight excluding hydrogens is 472 g/mol. The van der Waals surface area contributed by atoms with Crippen molar-refractivity contribution >= 4 is 23.2 Å². The lowest BCUT2D eigenvalue weighted by Gasteiger charge is -2.35. The number of hydrogen-bond acceptors (Lipinski definition) is 4. The van der Waals surface area contributed by atoms with Crippen LogP contribution in [-0.4, -0.2) is 21.1 Å². The monoisotopic (exact) mass is 498 g/mol. The summed E-state index contributed by atoms with van der Waals surface area (Å²) in [5, 5.41) is 8.02. The van der Waals surface area contributed by atoms with E-state index in [9.17, 15) is 4.79 Å². The Balaban J connectivity index is 1.57. The largest absolute Gasteiger partial charge is 0.334 e. The smallest absolute Gasteiger partial charge is 0.322 e. The highest BCUT2D eigenvalue weighted by Crippen LogP contribution is 2.38. The van der Waals surface area contributed by atoms with E-state index < -0.39 is 6.04 Å². The molecule has 2 amide bonds. The van der Waals surface area contributed by atoms with Crippen LogP contribution in [0.25, 0.3) is 17.0 Å². The van der Waals surface area contributed by atoms with Gasteiger partial charge >= 0.3 is 6.03 Å². The molecule has 0 spiro atoms. The lowest BCUT2D eigenvalue weighted by molar-refractivity contribution is 0.203. The third-order valence-corrected chi connectivity index (χ3v) is 6.79. The Kier molecular flexibility index (Phi) is 6.61. The summed E-state index contributed by atoms with van der Waals surface area (Å²) in [7, 11) is 0. The Bertz CT molecular complexity index is 1410. The molecule has 182 valence electrons. The van der Waals surface area contributed by atoms with Crippen LogP contribution in [0.15, 0.2) is 83.0 Å². The van der Waals surface area contributed by atoms with Gasteiger partial charge in [0, 0.05) is 16.3 Å². The van der Waals surface area contributed by atoms with Crippen LogP contribution in [0, 0.1) is 6.92 Å². The minimum absolute atomic E-state index is 0.188. The number of amides is 2. The van der Waals surface area contributed by atoms with Gasteiger partial charge in [0.2, 0.25) is 5.82 Å². The summed E-state index contributed by atoms with van der Waals surface area (Å²) in [5.41, 5.74) is 6.71. The maximum absolute atomic E-state index is 13.3. The molecule has 7 heteroatoms. The number of allylic oxidation sites excluding steroid dienone is 1. The van der Waals surface area contributed by atoms with E-state index in [-0.39, 0.29) is 6.03 Å². The molecular formula is C29H27ClN4O2. The summed E-state index contributed by atoms with van der Waals surface area (Å²) in [6, 6.07) is 23.1. The fourth-order valence-electron chi connectivity index (χ4n) is 4.37. The van der Waals surface area contributed by atoms with Crippen molar-refractivity contribution in [1.82, 2.24) is 20.4 Å². The predicted molar refractivity (Wildman–Crippen MR) is 141 cm³/mol. The van der Waals surface area contributed by atoms with Gasteiger partial charge in [-0.2, -0.15) is 4.98 Å². The van der Waals surface area contributed by atoms with Crippen LogP contribution in [0.4, 0.5) is 4.79 Å². The number of halogens is 1. The molecule has 0 fully saturated rings. The maximum Gasteiger partial charge on any atom is 0.322 e. The van der Waals surface area contributed by atoms with Gasteiger partial charge in [-0.05, 0) is 49.1 Å². The van der Waals surface area contributed by atoms with Crippen LogP contribution in [0.5, 0.6) is 0 Å². The molecule has 36 heavy (non-hydrogen) atoms. The fraction of sp³-hybridized carbons (Fsp3) is 0.207. The first-order chi connectivity index (χ1) is 17.4. The highest BCUT2D eigenvalue weighted by molar-refractivity contribution is 6.30. The molecule has 1 aliphatic heterocycles. The van der Waals surface area contributed by atoms with Gasteiger partial charge in [0.25, 0.3) is 5.89 Å². The molecule has 1 atom stereocenters. The van der Waals surface area contributed by atoms with Crippen molar-refractivity contribution in [3.63, 3.8) is 0 Å². The summed E-state index contributed by atoms with van der Waals surface area (Å²) >= 11 is 6.13. The summed E-state index contributed by atoms with van der Waals surface area (Å²) < 4.78 is 5.79.